The molecule has 2 fully saturated rings. The molecule has 2 aliphatic heterocycles. The number of amides is 1. The summed E-state index contributed by atoms with van der Waals surface area (Å²) in [5.74, 6) is 1.35. The molecule has 28 heavy (non-hydrogen) atoms. The first-order chi connectivity index (χ1) is 13.5. The van der Waals surface area contributed by atoms with Gasteiger partial charge < -0.3 is 14.2 Å². The van der Waals surface area contributed by atoms with Crippen LogP contribution in [-0.4, -0.2) is 64.2 Å². The highest BCUT2D eigenvalue weighted by atomic mass is 16.5. The minimum atomic E-state index is -0.636. The Kier molecular flexibility index (Phi) is 5.21. The van der Waals surface area contributed by atoms with Crippen LogP contribution < -0.4 is 0 Å². The van der Waals surface area contributed by atoms with Gasteiger partial charge in [-0.05, 0) is 33.6 Å². The first-order valence-corrected chi connectivity index (χ1v) is 10.0. The molecule has 0 saturated carbocycles. The second-order valence-corrected chi connectivity index (χ2v) is 8.01. The van der Waals surface area contributed by atoms with Crippen molar-refractivity contribution in [3.63, 3.8) is 0 Å². The fourth-order valence-electron chi connectivity index (χ4n) is 3.98. The molecule has 0 aliphatic carbocycles. The molecule has 0 radical (unpaired) electrons. The van der Waals surface area contributed by atoms with Gasteiger partial charge in [-0.2, -0.15) is 4.98 Å². The molecule has 150 valence electrons. The molecule has 4 rings (SSSR count). The first kappa shape index (κ1) is 19.1. The van der Waals surface area contributed by atoms with Crippen LogP contribution in [0.5, 0.6) is 0 Å². The zero-order valence-corrected chi connectivity index (χ0v) is 16.9. The highest BCUT2D eigenvalue weighted by Crippen LogP contribution is 2.29. The summed E-state index contributed by atoms with van der Waals surface area (Å²) in [6.45, 7) is 9.68. The Labute approximate surface area is 165 Å². The average Bonchev–Trinajstić information content (AvgIpc) is 3.38. The molecule has 0 N–H and O–H groups in total. The van der Waals surface area contributed by atoms with E-state index in [1.807, 2.05) is 36.1 Å². The number of carbonyl (C=O) groups excluding carboxylic acids is 1. The van der Waals surface area contributed by atoms with Crippen molar-refractivity contribution in [2.75, 3.05) is 32.8 Å². The molecular weight excluding hydrogens is 356 g/mol. The second-order valence-electron chi connectivity index (χ2n) is 8.01. The molecule has 0 bridgehead atoms. The third kappa shape index (κ3) is 3.69. The van der Waals surface area contributed by atoms with Crippen molar-refractivity contribution < 1.29 is 14.1 Å². The van der Waals surface area contributed by atoms with Crippen LogP contribution in [0.4, 0.5) is 0 Å². The van der Waals surface area contributed by atoms with Gasteiger partial charge >= 0.3 is 0 Å². The van der Waals surface area contributed by atoms with E-state index in [9.17, 15) is 4.79 Å². The highest BCUT2D eigenvalue weighted by molar-refractivity contribution is 5.85. The van der Waals surface area contributed by atoms with Gasteiger partial charge in [0.15, 0.2) is 0 Å². The van der Waals surface area contributed by atoms with E-state index >= 15 is 0 Å². The minimum absolute atomic E-state index is 0.0160. The Morgan fingerprint density at radius 1 is 1.18 bits per heavy atom. The van der Waals surface area contributed by atoms with E-state index in [-0.39, 0.29) is 11.9 Å². The summed E-state index contributed by atoms with van der Waals surface area (Å²) < 4.78 is 11.2. The number of ether oxygens (including phenoxy) is 1. The van der Waals surface area contributed by atoms with E-state index in [2.05, 4.69) is 28.9 Å². The first-order valence-electron chi connectivity index (χ1n) is 10.0. The van der Waals surface area contributed by atoms with Gasteiger partial charge in [0.1, 0.15) is 5.60 Å². The van der Waals surface area contributed by atoms with Crippen LogP contribution in [0, 0.1) is 6.92 Å². The Balaban J connectivity index is 1.37. The fourth-order valence-corrected chi connectivity index (χ4v) is 3.98. The van der Waals surface area contributed by atoms with Crippen LogP contribution in [0.25, 0.3) is 11.4 Å². The number of aryl methyl sites for hydroxylation is 1. The van der Waals surface area contributed by atoms with Crippen LogP contribution in [0.15, 0.2) is 28.8 Å². The van der Waals surface area contributed by atoms with Gasteiger partial charge in [-0.3, -0.25) is 9.69 Å². The number of benzene rings is 1. The number of hydrogen-bond acceptors (Lipinski definition) is 6. The van der Waals surface area contributed by atoms with Crippen LogP contribution in [0.3, 0.4) is 0 Å². The molecule has 0 spiro atoms. The Morgan fingerprint density at radius 2 is 1.89 bits per heavy atom. The smallest absolute Gasteiger partial charge is 0.254 e. The zero-order valence-electron chi connectivity index (χ0n) is 16.9. The number of carbonyl (C=O) groups is 1. The Hall–Kier alpha value is -2.25. The summed E-state index contributed by atoms with van der Waals surface area (Å²) in [4.78, 5) is 21.6. The fraction of sp³-hybridized carbons (Fsp3) is 0.571. The van der Waals surface area contributed by atoms with E-state index in [0.717, 1.165) is 31.5 Å². The van der Waals surface area contributed by atoms with Crippen molar-refractivity contribution in [2.24, 2.45) is 0 Å². The molecule has 2 atom stereocenters. The summed E-state index contributed by atoms with van der Waals surface area (Å²) >= 11 is 0. The van der Waals surface area contributed by atoms with Crippen LogP contribution >= 0.6 is 0 Å². The highest BCUT2D eigenvalue weighted by Gasteiger charge is 2.41. The lowest BCUT2D eigenvalue weighted by atomic mass is 10.0. The lowest BCUT2D eigenvalue weighted by Gasteiger charge is -2.39. The molecule has 1 aromatic carbocycles. The molecular formula is C21H28N4O3. The van der Waals surface area contributed by atoms with Gasteiger partial charge in [-0.25, -0.2) is 0 Å². The third-order valence-electron chi connectivity index (χ3n) is 5.93. The summed E-state index contributed by atoms with van der Waals surface area (Å²) in [6.07, 6.45) is 1.77. The van der Waals surface area contributed by atoms with E-state index < -0.39 is 5.60 Å². The molecule has 1 amide bonds. The number of rotatable bonds is 4. The largest absolute Gasteiger partial charge is 0.365 e. The van der Waals surface area contributed by atoms with E-state index in [1.54, 1.807) is 0 Å². The third-order valence-corrected chi connectivity index (χ3v) is 5.93. The monoisotopic (exact) mass is 384 g/mol. The molecule has 1 aromatic heterocycles. The molecule has 2 aliphatic rings. The number of aromatic nitrogens is 2. The van der Waals surface area contributed by atoms with Crippen molar-refractivity contribution in [1.82, 2.24) is 19.9 Å². The Bertz CT molecular complexity index is 818. The van der Waals surface area contributed by atoms with Gasteiger partial charge in [0, 0.05) is 38.3 Å². The molecule has 2 aromatic rings. The van der Waals surface area contributed by atoms with Gasteiger partial charge in [0.2, 0.25) is 11.7 Å². The lowest BCUT2D eigenvalue weighted by molar-refractivity contribution is -0.153. The zero-order chi connectivity index (χ0) is 19.7. The van der Waals surface area contributed by atoms with Crippen LogP contribution in [0.2, 0.25) is 0 Å². The van der Waals surface area contributed by atoms with Crippen LogP contribution in [0.1, 0.15) is 44.2 Å². The second kappa shape index (κ2) is 7.64. The maximum atomic E-state index is 12.8. The van der Waals surface area contributed by atoms with Crippen molar-refractivity contribution in [3.05, 3.63) is 35.7 Å². The van der Waals surface area contributed by atoms with Gasteiger partial charge in [-0.15, -0.1) is 0 Å². The van der Waals surface area contributed by atoms with E-state index in [0.29, 0.717) is 31.4 Å². The molecule has 3 heterocycles. The topological polar surface area (TPSA) is 71.7 Å². The van der Waals surface area contributed by atoms with E-state index in [4.69, 9.17) is 9.26 Å². The predicted molar refractivity (Wildman–Crippen MR) is 105 cm³/mol. The standard InChI is InChI=1S/C21H28N4O3/c1-15-5-7-17(8-6-15)18-22-19(28-23-18)16(2)24-10-12-25(13-11-24)20(26)21(3)9-4-14-27-21/h5-8,16H,4,9-14H2,1-3H3. The summed E-state index contributed by atoms with van der Waals surface area (Å²) in [7, 11) is 0. The number of piperazine rings is 1. The quantitative estimate of drug-likeness (QED) is 0.807. The molecule has 2 unspecified atom stereocenters. The van der Waals surface area contributed by atoms with Crippen molar-refractivity contribution in [2.45, 2.75) is 45.3 Å². The Morgan fingerprint density at radius 3 is 2.54 bits per heavy atom. The molecule has 7 heteroatoms. The number of hydrogen-bond donors (Lipinski definition) is 0. The maximum Gasteiger partial charge on any atom is 0.254 e. The number of nitrogens with zero attached hydrogens (tertiary/aromatic N) is 4. The van der Waals surface area contributed by atoms with Gasteiger partial charge in [0.05, 0.1) is 6.04 Å². The van der Waals surface area contributed by atoms with Gasteiger partial charge in [0.25, 0.3) is 5.91 Å². The van der Waals surface area contributed by atoms with Crippen molar-refractivity contribution in [1.29, 1.82) is 0 Å². The average molecular weight is 384 g/mol. The van der Waals surface area contributed by atoms with Crippen molar-refractivity contribution >= 4 is 5.91 Å². The molecule has 7 nitrogen and oxygen atoms in total. The minimum Gasteiger partial charge on any atom is -0.365 e. The summed E-state index contributed by atoms with van der Waals surface area (Å²) in [5.41, 5.74) is 1.52. The normalized spacial score (nSPS) is 24.5. The van der Waals surface area contributed by atoms with E-state index in [1.165, 1.54) is 5.56 Å². The van der Waals surface area contributed by atoms with Crippen molar-refractivity contribution in [3.8, 4) is 11.4 Å². The van der Waals surface area contributed by atoms with Gasteiger partial charge in [-0.1, -0.05) is 35.0 Å². The SMILES string of the molecule is Cc1ccc(-c2noc(C(C)N3CCN(C(=O)C4(C)CCCO4)CC3)n2)cc1. The van der Waals surface area contributed by atoms with Crippen LogP contribution in [-0.2, 0) is 9.53 Å². The summed E-state index contributed by atoms with van der Waals surface area (Å²) in [5, 5.41) is 4.14. The summed E-state index contributed by atoms with van der Waals surface area (Å²) in [6, 6.07) is 8.11. The maximum absolute atomic E-state index is 12.8. The lowest BCUT2D eigenvalue weighted by Crippen LogP contribution is -2.55. The molecule has 2 saturated heterocycles. The predicted octanol–water partition coefficient (Wildman–Crippen LogP) is 2.82.